The van der Waals surface area contributed by atoms with Gasteiger partial charge in [0.05, 0.1) is 18.3 Å². The van der Waals surface area contributed by atoms with E-state index in [-0.39, 0.29) is 11.8 Å². The quantitative estimate of drug-likeness (QED) is 0.180. The molecule has 0 radical (unpaired) electrons. The third kappa shape index (κ3) is 4.63. The highest BCUT2D eigenvalue weighted by molar-refractivity contribution is 8.33. The third-order valence-electron chi connectivity index (χ3n) is 10.0. The minimum absolute atomic E-state index is 0.0388. The van der Waals surface area contributed by atoms with Gasteiger partial charge in [-0.15, -0.1) is 0 Å². The maximum Gasteiger partial charge on any atom is 0.207 e. The third-order valence-corrected chi connectivity index (χ3v) is 18.4. The number of rotatable bonds is 4. The first kappa shape index (κ1) is 30.2. The fourth-order valence-electron chi connectivity index (χ4n) is 7.50. The summed E-state index contributed by atoms with van der Waals surface area (Å²) in [5.41, 5.74) is 5.92. The van der Waals surface area contributed by atoms with Crippen molar-refractivity contribution in [1.29, 1.82) is 0 Å². The molecular weight excluding hydrogens is 653 g/mol. The van der Waals surface area contributed by atoms with Crippen LogP contribution in [0.5, 0.6) is 0 Å². The second-order valence-corrected chi connectivity index (χ2v) is 22.5. The van der Waals surface area contributed by atoms with Gasteiger partial charge in [-0.25, -0.2) is 12.6 Å². The zero-order chi connectivity index (χ0) is 32.6. The van der Waals surface area contributed by atoms with E-state index in [0.29, 0.717) is 9.79 Å². The van der Waals surface area contributed by atoms with Crippen LogP contribution in [0.4, 0.5) is 0 Å². The van der Waals surface area contributed by atoms with E-state index in [4.69, 9.17) is 11.2 Å². The predicted octanol–water partition coefficient (Wildman–Crippen LogP) is 7.49. The zero-order valence-corrected chi connectivity index (χ0v) is 29.4. The van der Waals surface area contributed by atoms with E-state index < -0.39 is 26.4 Å². The van der Waals surface area contributed by atoms with Crippen molar-refractivity contribution in [3.05, 3.63) is 179 Å². The molecule has 232 valence electrons. The van der Waals surface area contributed by atoms with Crippen LogP contribution >= 0.6 is 0 Å². The molecule has 6 aromatic carbocycles. The summed E-state index contributed by atoms with van der Waals surface area (Å²) in [5, 5.41) is 2.62. The predicted molar refractivity (Wildman–Crippen MR) is 195 cm³/mol. The molecule has 0 saturated heterocycles. The molecule has 2 aliphatic heterocycles. The molecule has 0 aromatic heterocycles. The van der Waals surface area contributed by atoms with Gasteiger partial charge in [-0.2, -0.15) is 0 Å². The van der Waals surface area contributed by atoms with Gasteiger partial charge in [-0.1, -0.05) is 145 Å². The molecule has 0 atom stereocenters. The first-order chi connectivity index (χ1) is 22.6. The topological polar surface area (TPSA) is 51.2 Å². The Morgan fingerprint density at radius 1 is 0.447 bits per heavy atom. The Labute approximate surface area is 282 Å². The van der Waals surface area contributed by atoms with Crippen molar-refractivity contribution in [2.75, 3.05) is 0 Å². The zero-order valence-electron chi connectivity index (χ0n) is 26.0. The van der Waals surface area contributed by atoms with E-state index in [1.807, 2.05) is 60.7 Å². The van der Waals surface area contributed by atoms with Gasteiger partial charge in [0, 0.05) is 21.6 Å². The van der Waals surface area contributed by atoms with E-state index >= 15 is 0 Å². The van der Waals surface area contributed by atoms with E-state index in [0.717, 1.165) is 43.2 Å². The van der Waals surface area contributed by atoms with Crippen molar-refractivity contribution >= 4 is 48.0 Å². The molecule has 3 nitrogen and oxygen atoms in total. The van der Waals surface area contributed by atoms with E-state index in [2.05, 4.69) is 73.8 Å². The highest BCUT2D eigenvalue weighted by Gasteiger charge is 2.37. The van der Waals surface area contributed by atoms with Crippen molar-refractivity contribution in [2.45, 2.75) is 44.5 Å². The lowest BCUT2D eigenvalue weighted by molar-refractivity contribution is 0.589. The molecule has 0 N–H and O–H groups in total. The molecule has 0 spiro atoms. The molecule has 47 heavy (non-hydrogen) atoms. The molecule has 2 aliphatic rings. The molecule has 6 aromatic rings. The van der Waals surface area contributed by atoms with Crippen molar-refractivity contribution in [1.82, 2.24) is 0 Å². The van der Waals surface area contributed by atoms with Crippen LogP contribution in [0.15, 0.2) is 165 Å². The molecule has 8 rings (SSSR count). The van der Waals surface area contributed by atoms with Crippen LogP contribution in [0.3, 0.4) is 0 Å². The van der Waals surface area contributed by atoms with Crippen molar-refractivity contribution in [3.8, 4) is 0 Å². The summed E-state index contributed by atoms with van der Waals surface area (Å²) in [4.78, 5) is 2.28. The molecular formula is C40H32O3S3Si. The van der Waals surface area contributed by atoms with Gasteiger partial charge >= 0.3 is 0 Å². The molecule has 0 fully saturated rings. The average Bonchev–Trinajstić information content (AvgIpc) is 3.09. The Hall–Kier alpha value is -4.14. The summed E-state index contributed by atoms with van der Waals surface area (Å²) in [7, 11) is -8.41. The molecule has 0 unspecified atom stereocenters. The fourth-order valence-corrected chi connectivity index (χ4v) is 14.2. The highest BCUT2D eigenvalue weighted by atomic mass is 32.8. The molecule has 2 heterocycles. The van der Waals surface area contributed by atoms with Gasteiger partial charge in [-0.05, 0) is 68.8 Å². The Morgan fingerprint density at radius 3 is 1.11 bits per heavy atom. The van der Waals surface area contributed by atoms with Crippen LogP contribution < -0.4 is 10.4 Å². The first-order valence-electron chi connectivity index (χ1n) is 15.7. The highest BCUT2D eigenvalue weighted by Crippen LogP contribution is 2.46. The van der Waals surface area contributed by atoms with Crippen molar-refractivity contribution in [3.63, 3.8) is 0 Å². The number of fused-ring (bicyclic) bond motifs is 4. The lowest BCUT2D eigenvalue weighted by Crippen LogP contribution is -2.52. The first-order valence-corrected chi connectivity index (χ1v) is 22.6. The number of sulfone groups is 1. The summed E-state index contributed by atoms with van der Waals surface area (Å²) in [6, 6.07) is 48.4. The number of hydrogen-bond acceptors (Lipinski definition) is 4. The average molecular weight is 685 g/mol. The minimum Gasteiger partial charge on any atom is -0.247 e. The van der Waals surface area contributed by atoms with Crippen LogP contribution in [0, 0.1) is 0 Å². The summed E-state index contributed by atoms with van der Waals surface area (Å²) >= 11 is 5.74. The van der Waals surface area contributed by atoms with Crippen LogP contribution in [0.25, 0.3) is 0 Å². The molecule has 0 bridgehead atoms. The van der Waals surface area contributed by atoms with Gasteiger partial charge in [-0.3, -0.25) is 0 Å². The van der Waals surface area contributed by atoms with Gasteiger partial charge in [0.15, 0.2) is 0 Å². The van der Waals surface area contributed by atoms with E-state index in [1.54, 1.807) is 24.3 Å². The second-order valence-electron chi connectivity index (χ2n) is 12.9. The fraction of sp³-hybridized carbons (Fsp3) is 0.100. The lowest BCUT2D eigenvalue weighted by atomic mass is 9.85. The van der Waals surface area contributed by atoms with Gasteiger partial charge in [0.1, 0.15) is 8.07 Å². The maximum absolute atomic E-state index is 13.8. The SMILES string of the molecule is C[Si](C)(c1ccc(C2c3ccccc3S(=O)(=O)c3ccccc32)cc1)c1ccc(C2c3ccccc3S(=O)(=S)c3ccccc32)cc1. The van der Waals surface area contributed by atoms with E-state index in [1.165, 1.54) is 10.4 Å². The van der Waals surface area contributed by atoms with Crippen molar-refractivity contribution < 1.29 is 12.6 Å². The lowest BCUT2D eigenvalue weighted by Gasteiger charge is -2.31. The number of benzene rings is 6. The van der Waals surface area contributed by atoms with Crippen LogP contribution in [-0.4, -0.2) is 20.7 Å². The second kappa shape index (κ2) is 11.0. The maximum atomic E-state index is 13.8. The van der Waals surface area contributed by atoms with Gasteiger partial charge in [0.25, 0.3) is 0 Å². The molecule has 0 amide bonds. The summed E-state index contributed by atoms with van der Waals surface area (Å²) in [6.45, 7) is 4.73. The Morgan fingerprint density at radius 2 is 0.745 bits per heavy atom. The van der Waals surface area contributed by atoms with E-state index in [9.17, 15) is 12.6 Å². The largest absolute Gasteiger partial charge is 0.247 e. The monoisotopic (exact) mass is 684 g/mol. The smallest absolute Gasteiger partial charge is 0.207 e. The van der Waals surface area contributed by atoms with Crippen LogP contribution in [-0.2, 0) is 29.5 Å². The van der Waals surface area contributed by atoms with Crippen LogP contribution in [0.1, 0.15) is 45.2 Å². The molecule has 0 saturated carbocycles. The molecule has 0 aliphatic carbocycles. The molecule has 7 heteroatoms. The summed E-state index contributed by atoms with van der Waals surface area (Å²) in [5.74, 6) is -0.196. The van der Waals surface area contributed by atoms with Gasteiger partial charge < -0.3 is 0 Å². The Balaban J connectivity index is 1.15. The minimum atomic E-state index is -3.57. The van der Waals surface area contributed by atoms with Crippen molar-refractivity contribution in [2.24, 2.45) is 0 Å². The summed E-state index contributed by atoms with van der Waals surface area (Å²) in [6.07, 6.45) is 0. The van der Waals surface area contributed by atoms with Crippen LogP contribution in [0.2, 0.25) is 13.1 Å². The normalized spacial score (nSPS) is 19.6. The standard InChI is InChI=1S/C40H32O3S3Si/c1-47(2,29-23-19-27(20-24-29)39-31-11-3-7-15-35(31)45(41,42)36-16-8-4-12-32(36)39)30-25-21-28(22-26-30)40-33-13-5-9-17-37(33)46(43,44)38-18-10-6-14-34(38)40/h3-26,39-40H,1-2H3. The Bertz CT molecular complexity index is 2140. The Kier molecular flexibility index (Phi) is 7.04. The number of hydrogen-bond donors (Lipinski definition) is 0. The van der Waals surface area contributed by atoms with Gasteiger partial charge in [0.2, 0.25) is 9.84 Å². The summed E-state index contributed by atoms with van der Waals surface area (Å²) < 4.78 is 40.8.